The Bertz CT molecular complexity index is 1080. The molecule has 33 heavy (non-hydrogen) atoms. The lowest BCUT2D eigenvalue weighted by molar-refractivity contribution is -0.131. The van der Waals surface area contributed by atoms with E-state index in [9.17, 15) is 14.4 Å². The monoisotopic (exact) mass is 448 g/mol. The maximum Gasteiger partial charge on any atom is 0.243 e. The third-order valence-corrected chi connectivity index (χ3v) is 5.58. The van der Waals surface area contributed by atoms with Gasteiger partial charge in [-0.2, -0.15) is 0 Å². The first-order valence-electron chi connectivity index (χ1n) is 11.3. The Hall–Kier alpha value is -3.45. The highest BCUT2D eigenvalue weighted by Gasteiger charge is 2.26. The van der Waals surface area contributed by atoms with E-state index in [0.717, 1.165) is 28.3 Å². The molecule has 5 N–H and O–H groups in total. The van der Waals surface area contributed by atoms with Gasteiger partial charge in [0, 0.05) is 17.1 Å². The minimum absolute atomic E-state index is 0.162. The van der Waals surface area contributed by atoms with E-state index in [4.69, 9.17) is 5.73 Å². The van der Waals surface area contributed by atoms with Crippen molar-refractivity contribution in [1.29, 1.82) is 0 Å². The molecule has 3 atom stereocenters. The molecular formula is C26H32N4O3. The number of nitrogens with one attached hydrogen (secondary N) is 3. The molecule has 2 amide bonds. The Morgan fingerprint density at radius 1 is 0.970 bits per heavy atom. The molecule has 7 nitrogen and oxygen atoms in total. The van der Waals surface area contributed by atoms with Crippen LogP contribution in [0.3, 0.4) is 0 Å². The Labute approximate surface area is 194 Å². The van der Waals surface area contributed by atoms with E-state index in [1.807, 2.05) is 74.6 Å². The van der Waals surface area contributed by atoms with Gasteiger partial charge < -0.3 is 26.1 Å². The molecule has 1 heterocycles. The predicted octanol–water partition coefficient (Wildman–Crippen LogP) is 2.50. The van der Waals surface area contributed by atoms with Crippen LogP contribution in [0.25, 0.3) is 10.9 Å². The summed E-state index contributed by atoms with van der Waals surface area (Å²) < 4.78 is 0. The molecule has 0 unspecified atom stereocenters. The first kappa shape index (κ1) is 24.2. The van der Waals surface area contributed by atoms with Crippen LogP contribution < -0.4 is 16.4 Å². The second-order valence-electron chi connectivity index (χ2n) is 8.80. The van der Waals surface area contributed by atoms with Gasteiger partial charge in [0.25, 0.3) is 0 Å². The molecule has 0 bridgehead atoms. The van der Waals surface area contributed by atoms with Gasteiger partial charge in [-0.25, -0.2) is 0 Å². The molecule has 3 aromatic rings. The van der Waals surface area contributed by atoms with Crippen molar-refractivity contribution in [2.75, 3.05) is 0 Å². The van der Waals surface area contributed by atoms with E-state index in [0.29, 0.717) is 19.3 Å². The number of aromatic amines is 1. The fraction of sp³-hybridized carbons (Fsp3) is 0.346. The number of aromatic nitrogens is 1. The van der Waals surface area contributed by atoms with Crippen LogP contribution in [0.2, 0.25) is 0 Å². The summed E-state index contributed by atoms with van der Waals surface area (Å²) in [4.78, 5) is 40.6. The van der Waals surface area contributed by atoms with Crippen molar-refractivity contribution >= 4 is 29.0 Å². The molecule has 0 radical (unpaired) electrons. The fourth-order valence-electron chi connectivity index (χ4n) is 3.90. The molecule has 1 aromatic heterocycles. The third-order valence-electron chi connectivity index (χ3n) is 5.58. The summed E-state index contributed by atoms with van der Waals surface area (Å²) in [6.07, 6.45) is 3.75. The highest BCUT2D eigenvalue weighted by atomic mass is 16.2. The van der Waals surface area contributed by atoms with E-state index in [-0.39, 0.29) is 11.8 Å². The number of amides is 2. The zero-order valence-corrected chi connectivity index (χ0v) is 19.1. The van der Waals surface area contributed by atoms with Crippen molar-refractivity contribution < 1.29 is 14.4 Å². The highest BCUT2D eigenvalue weighted by molar-refractivity contribution is 5.91. The molecule has 0 aliphatic heterocycles. The summed E-state index contributed by atoms with van der Waals surface area (Å²) in [5.74, 6) is -0.620. The first-order chi connectivity index (χ1) is 15.9. The molecule has 0 aliphatic rings. The number of carbonyl (C=O) groups excluding carboxylic acids is 3. The number of para-hydroxylation sites is 1. The number of nitrogens with two attached hydrogens (primary N) is 1. The van der Waals surface area contributed by atoms with Crippen LogP contribution in [0.4, 0.5) is 0 Å². The lowest BCUT2D eigenvalue weighted by Gasteiger charge is -2.24. The quantitative estimate of drug-likeness (QED) is 0.337. The van der Waals surface area contributed by atoms with Gasteiger partial charge in [-0.05, 0) is 42.4 Å². The second-order valence-corrected chi connectivity index (χ2v) is 8.80. The average molecular weight is 449 g/mol. The number of H-pyrrole nitrogens is 1. The standard InChI is InChI=1S/C26H32N4O3/c1-17(2)12-24(26(33)29-20(16-31)13-18-8-4-3-5-9-18)30-25(32)22(27)14-19-15-28-23-11-7-6-10-21(19)23/h3-11,15-17,20,22,24,28H,12-14,27H2,1-2H3,(H,29,33)(H,30,32)/t20-,22-,24-/m0/s1. The smallest absolute Gasteiger partial charge is 0.243 e. The van der Waals surface area contributed by atoms with Crippen LogP contribution in [0.5, 0.6) is 0 Å². The normalized spacial score (nSPS) is 13.9. The van der Waals surface area contributed by atoms with Crippen molar-refractivity contribution in [3.05, 3.63) is 71.9 Å². The molecule has 2 aromatic carbocycles. The topological polar surface area (TPSA) is 117 Å². The van der Waals surface area contributed by atoms with Crippen LogP contribution in [0.1, 0.15) is 31.4 Å². The molecule has 7 heteroatoms. The third kappa shape index (κ3) is 6.76. The molecular weight excluding hydrogens is 416 g/mol. The van der Waals surface area contributed by atoms with Crippen LogP contribution in [0, 0.1) is 5.92 Å². The van der Waals surface area contributed by atoms with Gasteiger partial charge in [0.2, 0.25) is 11.8 Å². The summed E-state index contributed by atoms with van der Waals surface area (Å²) in [7, 11) is 0. The van der Waals surface area contributed by atoms with E-state index >= 15 is 0 Å². The highest BCUT2D eigenvalue weighted by Crippen LogP contribution is 2.19. The Kier molecular flexibility index (Phi) is 8.38. The summed E-state index contributed by atoms with van der Waals surface area (Å²) in [5.41, 5.74) is 9.07. The number of rotatable bonds is 11. The van der Waals surface area contributed by atoms with Crippen LogP contribution in [0.15, 0.2) is 60.8 Å². The van der Waals surface area contributed by atoms with Crippen molar-refractivity contribution in [1.82, 2.24) is 15.6 Å². The maximum atomic E-state index is 13.0. The second kappa shape index (κ2) is 11.4. The lowest BCUT2D eigenvalue weighted by Crippen LogP contribution is -2.54. The van der Waals surface area contributed by atoms with Gasteiger partial charge >= 0.3 is 0 Å². The molecule has 0 fully saturated rings. The number of hydrogen-bond donors (Lipinski definition) is 4. The van der Waals surface area contributed by atoms with E-state index in [1.165, 1.54) is 0 Å². The first-order valence-corrected chi connectivity index (χ1v) is 11.3. The van der Waals surface area contributed by atoms with E-state index < -0.39 is 24.0 Å². The minimum atomic E-state index is -0.808. The zero-order chi connectivity index (χ0) is 23.8. The molecule has 0 spiro atoms. The Morgan fingerprint density at radius 3 is 2.36 bits per heavy atom. The van der Waals surface area contributed by atoms with Crippen molar-refractivity contribution in [2.24, 2.45) is 11.7 Å². The van der Waals surface area contributed by atoms with Crippen LogP contribution in [-0.2, 0) is 27.2 Å². The molecule has 0 saturated heterocycles. The van der Waals surface area contributed by atoms with E-state index in [2.05, 4.69) is 15.6 Å². The summed E-state index contributed by atoms with van der Waals surface area (Å²) in [5, 5.41) is 6.59. The summed E-state index contributed by atoms with van der Waals surface area (Å²) in [6, 6.07) is 15.0. The van der Waals surface area contributed by atoms with E-state index in [1.54, 1.807) is 0 Å². The Morgan fingerprint density at radius 2 is 1.67 bits per heavy atom. The molecule has 0 saturated carbocycles. The summed E-state index contributed by atoms with van der Waals surface area (Å²) in [6.45, 7) is 3.94. The minimum Gasteiger partial charge on any atom is -0.361 e. The number of hydrogen-bond acceptors (Lipinski definition) is 4. The zero-order valence-electron chi connectivity index (χ0n) is 19.1. The lowest BCUT2D eigenvalue weighted by atomic mass is 10.0. The SMILES string of the molecule is CC(C)C[C@H](NC(=O)[C@@H](N)Cc1c[nH]c2ccccc12)C(=O)N[C@H](C=O)Cc1ccccc1. The maximum absolute atomic E-state index is 13.0. The number of benzene rings is 2. The van der Waals surface area contributed by atoms with Gasteiger partial charge in [-0.15, -0.1) is 0 Å². The number of fused-ring (bicyclic) bond motifs is 1. The van der Waals surface area contributed by atoms with Gasteiger partial charge in [-0.3, -0.25) is 9.59 Å². The van der Waals surface area contributed by atoms with Crippen molar-refractivity contribution in [3.63, 3.8) is 0 Å². The van der Waals surface area contributed by atoms with Crippen LogP contribution >= 0.6 is 0 Å². The van der Waals surface area contributed by atoms with Crippen molar-refractivity contribution in [2.45, 2.75) is 51.2 Å². The van der Waals surface area contributed by atoms with Gasteiger partial charge in [0.1, 0.15) is 12.3 Å². The number of carbonyl (C=O) groups is 3. The molecule has 0 aliphatic carbocycles. The molecule has 3 rings (SSSR count). The van der Waals surface area contributed by atoms with Gasteiger partial charge in [0.05, 0.1) is 12.1 Å². The van der Waals surface area contributed by atoms with Gasteiger partial charge in [0.15, 0.2) is 0 Å². The fourth-order valence-corrected chi connectivity index (χ4v) is 3.90. The van der Waals surface area contributed by atoms with Crippen molar-refractivity contribution in [3.8, 4) is 0 Å². The number of aldehydes is 1. The van der Waals surface area contributed by atoms with Crippen LogP contribution in [-0.4, -0.2) is 41.2 Å². The Balaban J connectivity index is 1.63. The summed E-state index contributed by atoms with van der Waals surface area (Å²) >= 11 is 0. The molecule has 174 valence electrons. The average Bonchev–Trinajstić information content (AvgIpc) is 3.21. The predicted molar refractivity (Wildman–Crippen MR) is 130 cm³/mol. The largest absolute Gasteiger partial charge is 0.361 e. The van der Waals surface area contributed by atoms with Gasteiger partial charge in [-0.1, -0.05) is 62.4 Å².